The zero-order chi connectivity index (χ0) is 13.0. The van der Waals surface area contributed by atoms with Gasteiger partial charge in [-0.1, -0.05) is 0 Å². The van der Waals surface area contributed by atoms with Gasteiger partial charge in [0, 0.05) is 24.8 Å². The molecule has 0 saturated carbocycles. The van der Waals surface area contributed by atoms with E-state index in [9.17, 15) is 5.11 Å². The smallest absolute Gasteiger partial charge is 0.120 e. The number of phenols is 1. The minimum absolute atomic E-state index is 0.0979. The normalized spacial score (nSPS) is 20.9. The maximum atomic E-state index is 9.87. The number of aromatic hydroxyl groups is 1. The van der Waals surface area contributed by atoms with Crippen molar-refractivity contribution >= 4 is 0 Å². The Morgan fingerprint density at radius 3 is 3.06 bits per heavy atom. The SMILES string of the molecule is COc1ccc(O)c(C(C)NCC2CCOC2)c1. The van der Waals surface area contributed by atoms with E-state index < -0.39 is 0 Å². The fourth-order valence-electron chi connectivity index (χ4n) is 2.20. The van der Waals surface area contributed by atoms with Gasteiger partial charge in [-0.25, -0.2) is 0 Å². The van der Waals surface area contributed by atoms with Crippen LogP contribution in [0.15, 0.2) is 18.2 Å². The third kappa shape index (κ3) is 3.15. The van der Waals surface area contributed by atoms with E-state index in [4.69, 9.17) is 9.47 Å². The molecule has 0 spiro atoms. The summed E-state index contributed by atoms with van der Waals surface area (Å²) >= 11 is 0. The lowest BCUT2D eigenvalue weighted by molar-refractivity contribution is 0.184. The van der Waals surface area contributed by atoms with Crippen LogP contribution < -0.4 is 10.1 Å². The van der Waals surface area contributed by atoms with Gasteiger partial charge in [0.15, 0.2) is 0 Å². The van der Waals surface area contributed by atoms with Crippen molar-refractivity contribution in [2.45, 2.75) is 19.4 Å². The molecule has 0 aliphatic carbocycles. The van der Waals surface area contributed by atoms with Crippen LogP contribution in [0.3, 0.4) is 0 Å². The van der Waals surface area contributed by atoms with Crippen LogP contribution >= 0.6 is 0 Å². The zero-order valence-corrected chi connectivity index (χ0v) is 11.0. The van der Waals surface area contributed by atoms with Crippen molar-refractivity contribution < 1.29 is 14.6 Å². The van der Waals surface area contributed by atoms with Crippen molar-refractivity contribution in [3.8, 4) is 11.5 Å². The molecule has 1 aliphatic heterocycles. The van der Waals surface area contributed by atoms with E-state index >= 15 is 0 Å². The Bertz CT molecular complexity index is 389. The van der Waals surface area contributed by atoms with Crippen LogP contribution in [0, 0.1) is 5.92 Å². The van der Waals surface area contributed by atoms with Gasteiger partial charge in [-0.05, 0) is 37.5 Å². The third-order valence-corrected chi connectivity index (χ3v) is 3.44. The molecule has 2 rings (SSSR count). The van der Waals surface area contributed by atoms with Gasteiger partial charge in [-0.2, -0.15) is 0 Å². The van der Waals surface area contributed by atoms with E-state index in [1.165, 1.54) is 0 Å². The molecule has 4 heteroatoms. The Balaban J connectivity index is 1.96. The number of phenolic OH excluding ortho intramolecular Hbond substituents is 1. The van der Waals surface area contributed by atoms with E-state index in [0.717, 1.165) is 37.5 Å². The molecule has 1 saturated heterocycles. The summed E-state index contributed by atoms with van der Waals surface area (Å²) in [7, 11) is 1.63. The molecule has 0 aromatic heterocycles. The Morgan fingerprint density at radius 1 is 1.56 bits per heavy atom. The molecule has 2 atom stereocenters. The average molecular weight is 251 g/mol. The number of ether oxygens (including phenoxy) is 2. The Morgan fingerprint density at radius 2 is 2.39 bits per heavy atom. The predicted molar refractivity (Wildman–Crippen MR) is 70.0 cm³/mol. The highest BCUT2D eigenvalue weighted by Gasteiger charge is 2.17. The number of hydrogen-bond donors (Lipinski definition) is 2. The lowest BCUT2D eigenvalue weighted by Gasteiger charge is -2.18. The highest BCUT2D eigenvalue weighted by Crippen LogP contribution is 2.28. The summed E-state index contributed by atoms with van der Waals surface area (Å²) < 4.78 is 10.5. The minimum Gasteiger partial charge on any atom is -0.508 e. The van der Waals surface area contributed by atoms with Gasteiger partial charge in [-0.3, -0.25) is 0 Å². The van der Waals surface area contributed by atoms with Gasteiger partial charge in [0.25, 0.3) is 0 Å². The summed E-state index contributed by atoms with van der Waals surface area (Å²) in [4.78, 5) is 0. The van der Waals surface area contributed by atoms with Crippen LogP contribution in [0.5, 0.6) is 11.5 Å². The molecule has 18 heavy (non-hydrogen) atoms. The van der Waals surface area contributed by atoms with Crippen molar-refractivity contribution in [3.05, 3.63) is 23.8 Å². The second-order valence-corrected chi connectivity index (χ2v) is 4.78. The number of hydrogen-bond acceptors (Lipinski definition) is 4. The molecular formula is C14H21NO3. The minimum atomic E-state index is 0.0979. The van der Waals surface area contributed by atoms with Gasteiger partial charge in [0.05, 0.1) is 13.7 Å². The maximum absolute atomic E-state index is 9.87. The first-order valence-electron chi connectivity index (χ1n) is 6.38. The summed E-state index contributed by atoms with van der Waals surface area (Å²) in [5.74, 6) is 1.65. The second kappa shape index (κ2) is 6.07. The highest BCUT2D eigenvalue weighted by atomic mass is 16.5. The molecule has 4 nitrogen and oxygen atoms in total. The fraction of sp³-hybridized carbons (Fsp3) is 0.571. The van der Waals surface area contributed by atoms with Crippen LogP contribution in [0.4, 0.5) is 0 Å². The van der Waals surface area contributed by atoms with Crippen LogP contribution in [0.2, 0.25) is 0 Å². The molecule has 1 fully saturated rings. The molecule has 0 bridgehead atoms. The summed E-state index contributed by atoms with van der Waals surface area (Å²) in [6.07, 6.45) is 1.11. The van der Waals surface area contributed by atoms with Crippen LogP contribution in [0.1, 0.15) is 24.9 Å². The topological polar surface area (TPSA) is 50.7 Å². The summed E-state index contributed by atoms with van der Waals surface area (Å²) in [5, 5.41) is 13.3. The van der Waals surface area contributed by atoms with E-state index in [1.807, 2.05) is 13.0 Å². The summed E-state index contributed by atoms with van der Waals surface area (Å²) in [6, 6.07) is 5.40. The maximum Gasteiger partial charge on any atom is 0.120 e. The first-order valence-corrected chi connectivity index (χ1v) is 6.38. The van der Waals surface area contributed by atoms with Gasteiger partial charge in [0.2, 0.25) is 0 Å². The molecule has 1 heterocycles. The van der Waals surface area contributed by atoms with Crippen molar-refractivity contribution in [1.29, 1.82) is 0 Å². The molecule has 0 radical (unpaired) electrons. The fourth-order valence-corrected chi connectivity index (χ4v) is 2.20. The average Bonchev–Trinajstić information content (AvgIpc) is 2.89. The van der Waals surface area contributed by atoms with Gasteiger partial charge >= 0.3 is 0 Å². The zero-order valence-electron chi connectivity index (χ0n) is 11.0. The Hall–Kier alpha value is -1.26. The third-order valence-electron chi connectivity index (χ3n) is 3.44. The van der Waals surface area contributed by atoms with Crippen LogP contribution in [0.25, 0.3) is 0 Å². The molecule has 1 aromatic carbocycles. The lowest BCUT2D eigenvalue weighted by atomic mass is 10.0. The number of rotatable bonds is 5. The standard InChI is InChI=1S/C14H21NO3/c1-10(15-8-11-5-6-18-9-11)13-7-12(17-2)3-4-14(13)16/h3-4,7,10-11,15-16H,5-6,8-9H2,1-2H3. The lowest BCUT2D eigenvalue weighted by Crippen LogP contribution is -2.26. The van der Waals surface area contributed by atoms with E-state index in [0.29, 0.717) is 11.7 Å². The van der Waals surface area contributed by atoms with E-state index in [2.05, 4.69) is 5.32 Å². The second-order valence-electron chi connectivity index (χ2n) is 4.78. The molecule has 1 aromatic rings. The van der Waals surface area contributed by atoms with Crippen molar-refractivity contribution in [3.63, 3.8) is 0 Å². The predicted octanol–water partition coefficient (Wildman–Crippen LogP) is 2.09. The molecule has 100 valence electrons. The quantitative estimate of drug-likeness (QED) is 0.841. The van der Waals surface area contributed by atoms with Gasteiger partial charge in [0.1, 0.15) is 11.5 Å². The molecule has 0 amide bonds. The first kappa shape index (κ1) is 13.2. The van der Waals surface area contributed by atoms with Crippen LogP contribution in [-0.2, 0) is 4.74 Å². The molecule has 1 aliphatic rings. The summed E-state index contributed by atoms with van der Waals surface area (Å²) in [5.41, 5.74) is 0.869. The molecular weight excluding hydrogens is 230 g/mol. The monoisotopic (exact) mass is 251 g/mol. The van der Waals surface area contributed by atoms with Crippen molar-refractivity contribution in [1.82, 2.24) is 5.32 Å². The first-order chi connectivity index (χ1) is 8.70. The van der Waals surface area contributed by atoms with Crippen molar-refractivity contribution in [2.24, 2.45) is 5.92 Å². The largest absolute Gasteiger partial charge is 0.508 e. The molecule has 2 unspecified atom stereocenters. The number of nitrogens with one attached hydrogen (secondary N) is 1. The number of benzene rings is 1. The number of methoxy groups -OCH3 is 1. The highest BCUT2D eigenvalue weighted by molar-refractivity contribution is 5.41. The Labute approximate surface area is 108 Å². The van der Waals surface area contributed by atoms with E-state index in [1.54, 1.807) is 19.2 Å². The summed E-state index contributed by atoms with van der Waals surface area (Å²) in [6.45, 7) is 4.66. The Kier molecular flexibility index (Phi) is 4.44. The van der Waals surface area contributed by atoms with Gasteiger partial charge < -0.3 is 19.9 Å². The van der Waals surface area contributed by atoms with Gasteiger partial charge in [-0.15, -0.1) is 0 Å². The van der Waals surface area contributed by atoms with Crippen LogP contribution in [-0.4, -0.2) is 32.0 Å². The van der Waals surface area contributed by atoms with E-state index in [-0.39, 0.29) is 6.04 Å². The molecule has 2 N–H and O–H groups in total. The van der Waals surface area contributed by atoms with Crippen molar-refractivity contribution in [2.75, 3.05) is 26.9 Å².